The first-order chi connectivity index (χ1) is 9.44. The van der Waals surface area contributed by atoms with Crippen LogP contribution in [0.5, 0.6) is 0 Å². The molecule has 1 aliphatic rings. The van der Waals surface area contributed by atoms with Crippen molar-refractivity contribution in [3.8, 4) is 0 Å². The number of nitrogens with zero attached hydrogens (tertiary/aromatic N) is 1. The Morgan fingerprint density at radius 2 is 2.05 bits per heavy atom. The average Bonchev–Trinajstić information content (AvgIpc) is 2.39. The second kappa shape index (κ2) is 7.80. The van der Waals surface area contributed by atoms with E-state index in [1.54, 1.807) is 6.92 Å². The van der Waals surface area contributed by atoms with Gasteiger partial charge in [-0.3, -0.25) is 0 Å². The summed E-state index contributed by atoms with van der Waals surface area (Å²) >= 11 is 0. The number of hydrogen-bond donors (Lipinski definition) is 2. The molecule has 0 radical (unpaired) electrons. The Morgan fingerprint density at radius 3 is 2.60 bits per heavy atom. The van der Waals surface area contributed by atoms with Gasteiger partial charge in [0.25, 0.3) is 0 Å². The van der Waals surface area contributed by atoms with E-state index in [1.807, 2.05) is 18.6 Å². The summed E-state index contributed by atoms with van der Waals surface area (Å²) in [6.07, 6.45) is 0.716. The molecular weight excluding hydrogens is 282 g/mol. The molecule has 0 aliphatic carbocycles. The van der Waals surface area contributed by atoms with Gasteiger partial charge in [0.15, 0.2) is 0 Å². The molecule has 1 fully saturated rings. The summed E-state index contributed by atoms with van der Waals surface area (Å²) in [6, 6.07) is 0.332. The van der Waals surface area contributed by atoms with Crippen LogP contribution < -0.4 is 10.0 Å². The van der Waals surface area contributed by atoms with Gasteiger partial charge in [0.1, 0.15) is 0 Å². The van der Waals surface area contributed by atoms with Gasteiger partial charge in [-0.05, 0) is 25.8 Å². The zero-order chi connectivity index (χ0) is 15.2. The quantitative estimate of drug-likeness (QED) is 0.754. The zero-order valence-electron chi connectivity index (χ0n) is 12.4. The highest BCUT2D eigenvalue weighted by Gasteiger charge is 2.34. The molecule has 0 aromatic carbocycles. The van der Waals surface area contributed by atoms with E-state index in [0.29, 0.717) is 19.1 Å². The van der Waals surface area contributed by atoms with E-state index in [0.717, 1.165) is 19.4 Å². The van der Waals surface area contributed by atoms with Crippen molar-refractivity contribution < 1.29 is 17.9 Å². The van der Waals surface area contributed by atoms with Gasteiger partial charge in [0, 0.05) is 19.1 Å². The third-order valence-corrected chi connectivity index (χ3v) is 4.95. The standard InChI is InChI=1S/C12H25N3O4S/c1-4-10-9-15(8-7-11(10)13-5-2)20(17,18)14-12(16)19-6-3/h10-11,13H,4-9H2,1-3H3,(H,14,16). The molecule has 0 saturated carbocycles. The summed E-state index contributed by atoms with van der Waals surface area (Å²) in [6.45, 7) is 7.55. The number of amides is 1. The van der Waals surface area contributed by atoms with Crippen LogP contribution in [0.3, 0.4) is 0 Å². The zero-order valence-corrected chi connectivity index (χ0v) is 13.2. The predicted octanol–water partition coefficient (Wildman–Crippen LogP) is 0.687. The smallest absolute Gasteiger partial charge is 0.421 e. The van der Waals surface area contributed by atoms with Crippen molar-refractivity contribution in [1.82, 2.24) is 14.3 Å². The molecule has 1 aliphatic heterocycles. The molecule has 20 heavy (non-hydrogen) atoms. The summed E-state index contributed by atoms with van der Waals surface area (Å²) in [5, 5.41) is 3.39. The average molecular weight is 307 g/mol. The first-order valence-electron chi connectivity index (χ1n) is 7.12. The molecule has 2 atom stereocenters. The largest absolute Gasteiger partial charge is 0.449 e. The molecule has 0 aromatic rings. The van der Waals surface area contributed by atoms with E-state index >= 15 is 0 Å². The van der Waals surface area contributed by atoms with Crippen molar-refractivity contribution in [2.45, 2.75) is 39.7 Å². The van der Waals surface area contributed by atoms with E-state index in [-0.39, 0.29) is 12.5 Å². The number of ether oxygens (including phenoxy) is 1. The van der Waals surface area contributed by atoms with Gasteiger partial charge < -0.3 is 10.1 Å². The summed E-state index contributed by atoms with van der Waals surface area (Å²) in [4.78, 5) is 11.3. The molecule has 1 rings (SSSR count). The Hall–Kier alpha value is -0.860. The Morgan fingerprint density at radius 1 is 1.35 bits per heavy atom. The van der Waals surface area contributed by atoms with E-state index in [2.05, 4.69) is 10.1 Å². The molecule has 0 aromatic heterocycles. The predicted molar refractivity (Wildman–Crippen MR) is 76.5 cm³/mol. The fraction of sp³-hybridized carbons (Fsp3) is 0.917. The van der Waals surface area contributed by atoms with Crippen LogP contribution in [0.2, 0.25) is 0 Å². The maximum absolute atomic E-state index is 12.1. The third-order valence-electron chi connectivity index (χ3n) is 3.52. The van der Waals surface area contributed by atoms with Gasteiger partial charge in [0.05, 0.1) is 6.61 Å². The maximum atomic E-state index is 12.1. The first kappa shape index (κ1) is 17.2. The number of hydrogen-bond acceptors (Lipinski definition) is 5. The maximum Gasteiger partial charge on any atom is 0.421 e. The molecule has 1 saturated heterocycles. The highest BCUT2D eigenvalue weighted by atomic mass is 32.2. The number of carbonyl (C=O) groups excluding carboxylic acids is 1. The lowest BCUT2D eigenvalue weighted by Gasteiger charge is -2.37. The summed E-state index contributed by atoms with van der Waals surface area (Å²) < 4.78 is 32.1. The highest BCUT2D eigenvalue weighted by molar-refractivity contribution is 7.87. The molecular formula is C12H25N3O4S. The van der Waals surface area contributed by atoms with Crippen LogP contribution in [0.25, 0.3) is 0 Å². The lowest BCUT2D eigenvalue weighted by molar-refractivity contribution is 0.156. The lowest BCUT2D eigenvalue weighted by Crippen LogP contribution is -2.54. The van der Waals surface area contributed by atoms with Crippen molar-refractivity contribution in [3.05, 3.63) is 0 Å². The Bertz CT molecular complexity index is 413. The van der Waals surface area contributed by atoms with Crippen molar-refractivity contribution in [1.29, 1.82) is 0 Å². The van der Waals surface area contributed by atoms with Gasteiger partial charge in [-0.25, -0.2) is 9.52 Å². The molecule has 2 unspecified atom stereocenters. The number of rotatable bonds is 6. The summed E-state index contributed by atoms with van der Waals surface area (Å²) in [5.74, 6) is 0.252. The highest BCUT2D eigenvalue weighted by Crippen LogP contribution is 2.21. The monoisotopic (exact) mass is 307 g/mol. The van der Waals surface area contributed by atoms with Crippen LogP contribution in [0.1, 0.15) is 33.6 Å². The molecule has 118 valence electrons. The number of piperidine rings is 1. The van der Waals surface area contributed by atoms with Crippen LogP contribution in [-0.4, -0.2) is 51.1 Å². The lowest BCUT2D eigenvalue weighted by atomic mass is 9.91. The first-order valence-corrected chi connectivity index (χ1v) is 8.56. The van der Waals surface area contributed by atoms with Crippen molar-refractivity contribution in [2.24, 2.45) is 5.92 Å². The molecule has 0 bridgehead atoms. The molecule has 2 N–H and O–H groups in total. The third kappa shape index (κ3) is 4.60. The van der Waals surface area contributed by atoms with Crippen LogP contribution >= 0.6 is 0 Å². The van der Waals surface area contributed by atoms with Crippen LogP contribution in [0, 0.1) is 5.92 Å². The van der Waals surface area contributed by atoms with E-state index in [9.17, 15) is 13.2 Å². The second-order valence-corrected chi connectivity index (χ2v) is 6.48. The minimum atomic E-state index is -3.81. The van der Waals surface area contributed by atoms with Crippen molar-refractivity contribution in [3.63, 3.8) is 0 Å². The van der Waals surface area contributed by atoms with Crippen molar-refractivity contribution >= 4 is 16.3 Å². The Labute approximate surface area is 121 Å². The van der Waals surface area contributed by atoms with Crippen LogP contribution in [-0.2, 0) is 14.9 Å². The van der Waals surface area contributed by atoms with Gasteiger partial charge >= 0.3 is 16.3 Å². The van der Waals surface area contributed by atoms with Crippen molar-refractivity contribution in [2.75, 3.05) is 26.2 Å². The fourth-order valence-corrected chi connectivity index (χ4v) is 3.62. The summed E-state index contributed by atoms with van der Waals surface area (Å²) in [5.41, 5.74) is 0. The SMILES string of the molecule is CCNC1CCN(S(=O)(=O)NC(=O)OCC)CC1CC. The number of carbonyl (C=O) groups is 1. The van der Waals surface area contributed by atoms with E-state index in [4.69, 9.17) is 0 Å². The minimum absolute atomic E-state index is 0.140. The summed E-state index contributed by atoms with van der Waals surface area (Å²) in [7, 11) is -3.81. The molecule has 1 amide bonds. The minimum Gasteiger partial charge on any atom is -0.449 e. The topological polar surface area (TPSA) is 87.7 Å². The van der Waals surface area contributed by atoms with Gasteiger partial charge in [-0.2, -0.15) is 12.7 Å². The van der Waals surface area contributed by atoms with Gasteiger partial charge in [0.2, 0.25) is 0 Å². The second-order valence-electron chi connectivity index (χ2n) is 4.81. The normalized spacial score (nSPS) is 24.4. The molecule has 1 heterocycles. The molecule has 8 heteroatoms. The van der Waals surface area contributed by atoms with Gasteiger partial charge in [-0.1, -0.05) is 20.3 Å². The van der Waals surface area contributed by atoms with Crippen LogP contribution in [0.15, 0.2) is 0 Å². The fourth-order valence-electron chi connectivity index (χ4n) is 2.49. The van der Waals surface area contributed by atoms with Gasteiger partial charge in [-0.15, -0.1) is 0 Å². The molecule has 7 nitrogen and oxygen atoms in total. The Balaban J connectivity index is 2.66. The van der Waals surface area contributed by atoms with E-state index in [1.165, 1.54) is 4.31 Å². The number of nitrogens with one attached hydrogen (secondary N) is 2. The van der Waals surface area contributed by atoms with E-state index < -0.39 is 16.3 Å². The molecule has 0 spiro atoms. The Kier molecular flexibility index (Phi) is 6.70. The van der Waals surface area contributed by atoms with Crippen LogP contribution in [0.4, 0.5) is 4.79 Å².